The second-order valence-corrected chi connectivity index (χ2v) is 5.72. The van der Waals surface area contributed by atoms with E-state index in [9.17, 15) is 14.7 Å². The topological polar surface area (TPSA) is 54.4 Å². The normalized spacial score (nSPS) is 26.7. The van der Waals surface area contributed by atoms with Gasteiger partial charge in [0, 0.05) is 11.8 Å². The van der Waals surface area contributed by atoms with Gasteiger partial charge in [-0.2, -0.15) is 0 Å². The maximum atomic E-state index is 12.1. The van der Waals surface area contributed by atoms with E-state index in [2.05, 4.69) is 0 Å². The van der Waals surface area contributed by atoms with Crippen molar-refractivity contribution < 1.29 is 14.7 Å². The minimum Gasteiger partial charge on any atom is -0.390 e. The van der Waals surface area contributed by atoms with Crippen molar-refractivity contribution in [3.05, 3.63) is 11.1 Å². The molecule has 0 amide bonds. The van der Waals surface area contributed by atoms with Crippen LogP contribution in [0.4, 0.5) is 0 Å². The van der Waals surface area contributed by atoms with Gasteiger partial charge >= 0.3 is 0 Å². The molecule has 3 heteroatoms. The average Bonchev–Trinajstić information content (AvgIpc) is 2.22. The molecule has 0 spiro atoms. The molecule has 0 fully saturated rings. The highest BCUT2D eigenvalue weighted by Crippen LogP contribution is 2.32. The first-order valence-corrected chi connectivity index (χ1v) is 6.13. The van der Waals surface area contributed by atoms with Crippen LogP contribution in [0.25, 0.3) is 0 Å². The zero-order valence-corrected chi connectivity index (χ0v) is 11.3. The van der Waals surface area contributed by atoms with Crippen LogP contribution in [0.15, 0.2) is 11.1 Å². The Morgan fingerprint density at radius 2 is 1.59 bits per heavy atom. The van der Waals surface area contributed by atoms with Gasteiger partial charge in [0.1, 0.15) is 0 Å². The number of carbonyl (C=O) groups excluding carboxylic acids is 2. The molecule has 0 aromatic rings. The summed E-state index contributed by atoms with van der Waals surface area (Å²) in [4.78, 5) is 24.1. The molecule has 3 nitrogen and oxygen atoms in total. The van der Waals surface area contributed by atoms with Crippen LogP contribution in [0, 0.1) is 11.8 Å². The number of hydrogen-bond donors (Lipinski definition) is 1. The zero-order valence-electron chi connectivity index (χ0n) is 11.3. The van der Waals surface area contributed by atoms with Gasteiger partial charge in [0.05, 0.1) is 5.60 Å². The van der Waals surface area contributed by atoms with Crippen molar-refractivity contribution in [1.82, 2.24) is 0 Å². The third-order valence-electron chi connectivity index (χ3n) is 3.72. The molecule has 0 heterocycles. The van der Waals surface area contributed by atoms with Gasteiger partial charge < -0.3 is 5.11 Å². The fourth-order valence-corrected chi connectivity index (χ4v) is 2.29. The predicted molar refractivity (Wildman–Crippen MR) is 66.6 cm³/mol. The van der Waals surface area contributed by atoms with Gasteiger partial charge in [0.2, 0.25) is 0 Å². The first kappa shape index (κ1) is 14.1. The minimum absolute atomic E-state index is 0.0684. The van der Waals surface area contributed by atoms with E-state index in [1.807, 2.05) is 6.92 Å². The van der Waals surface area contributed by atoms with Gasteiger partial charge in [0.15, 0.2) is 11.6 Å². The number of allylic oxidation sites excluding steroid dienone is 2. The first-order chi connectivity index (χ1) is 7.65. The number of hydrogen-bond acceptors (Lipinski definition) is 3. The van der Waals surface area contributed by atoms with Crippen LogP contribution in [-0.2, 0) is 9.59 Å². The van der Waals surface area contributed by atoms with Crippen LogP contribution in [0.1, 0.15) is 47.5 Å². The molecule has 2 atom stereocenters. The summed E-state index contributed by atoms with van der Waals surface area (Å²) in [6, 6.07) is 0. The van der Waals surface area contributed by atoms with Crippen molar-refractivity contribution >= 4 is 11.6 Å². The van der Waals surface area contributed by atoms with Crippen LogP contribution in [0.3, 0.4) is 0 Å². The molecule has 1 N–H and O–H groups in total. The van der Waals surface area contributed by atoms with Crippen LogP contribution in [0.2, 0.25) is 0 Å². The quantitative estimate of drug-likeness (QED) is 0.820. The maximum Gasteiger partial charge on any atom is 0.162 e. The van der Waals surface area contributed by atoms with Crippen LogP contribution in [-0.4, -0.2) is 22.3 Å². The Morgan fingerprint density at radius 1 is 1.12 bits per heavy atom. The molecule has 0 saturated carbocycles. The van der Waals surface area contributed by atoms with Crippen molar-refractivity contribution in [2.75, 3.05) is 0 Å². The second-order valence-electron chi connectivity index (χ2n) is 5.72. The number of rotatable bonds is 3. The Kier molecular flexibility index (Phi) is 3.92. The minimum atomic E-state index is -0.785. The van der Waals surface area contributed by atoms with Gasteiger partial charge in [-0.1, -0.05) is 6.92 Å². The Bertz CT molecular complexity index is 371. The monoisotopic (exact) mass is 238 g/mol. The summed E-state index contributed by atoms with van der Waals surface area (Å²) in [5.74, 6) is -0.382. The smallest absolute Gasteiger partial charge is 0.162 e. The van der Waals surface area contributed by atoms with Gasteiger partial charge in [-0.05, 0) is 51.7 Å². The van der Waals surface area contributed by atoms with Gasteiger partial charge in [-0.3, -0.25) is 9.59 Å². The molecule has 0 saturated heterocycles. The molecule has 0 bridgehead atoms. The first-order valence-electron chi connectivity index (χ1n) is 6.13. The molecule has 0 aliphatic heterocycles. The van der Waals surface area contributed by atoms with Crippen LogP contribution < -0.4 is 0 Å². The zero-order chi connectivity index (χ0) is 13.4. The lowest BCUT2D eigenvalue weighted by molar-refractivity contribution is -0.130. The Hall–Kier alpha value is -0.960. The molecule has 1 rings (SSSR count). The SMILES string of the molecule is CC1=C(C)C(=O)C(CCC(C)(C)O)C(C)C1=O. The van der Waals surface area contributed by atoms with Crippen molar-refractivity contribution in [2.24, 2.45) is 11.8 Å². The van der Waals surface area contributed by atoms with Crippen molar-refractivity contribution in [1.29, 1.82) is 0 Å². The third-order valence-corrected chi connectivity index (χ3v) is 3.72. The van der Waals surface area contributed by atoms with E-state index in [0.717, 1.165) is 0 Å². The summed E-state index contributed by atoms with van der Waals surface area (Å²) < 4.78 is 0. The average molecular weight is 238 g/mol. The lowest BCUT2D eigenvalue weighted by Gasteiger charge is -2.30. The fraction of sp³-hybridized carbons (Fsp3) is 0.714. The molecule has 0 radical (unpaired) electrons. The van der Waals surface area contributed by atoms with Gasteiger partial charge in [0.25, 0.3) is 0 Å². The Labute approximate surface area is 103 Å². The fourth-order valence-electron chi connectivity index (χ4n) is 2.29. The summed E-state index contributed by atoms with van der Waals surface area (Å²) in [5.41, 5.74) is 0.406. The highest BCUT2D eigenvalue weighted by Gasteiger charge is 2.37. The predicted octanol–water partition coefficient (Wildman–Crippen LogP) is 2.28. The summed E-state index contributed by atoms with van der Waals surface area (Å²) >= 11 is 0. The molecular formula is C14H22O3. The molecule has 0 aromatic heterocycles. The summed E-state index contributed by atoms with van der Waals surface area (Å²) in [5, 5.41) is 9.70. The van der Waals surface area contributed by atoms with E-state index in [4.69, 9.17) is 0 Å². The molecule has 96 valence electrons. The molecule has 1 aliphatic rings. The summed E-state index contributed by atoms with van der Waals surface area (Å²) in [6.07, 6.45) is 1.10. The van der Waals surface area contributed by atoms with Crippen LogP contribution >= 0.6 is 0 Å². The highest BCUT2D eigenvalue weighted by atomic mass is 16.3. The van der Waals surface area contributed by atoms with E-state index in [1.165, 1.54) is 0 Å². The summed E-state index contributed by atoms with van der Waals surface area (Å²) in [7, 11) is 0. The molecule has 17 heavy (non-hydrogen) atoms. The molecule has 0 aromatic carbocycles. The third kappa shape index (κ3) is 3.03. The van der Waals surface area contributed by atoms with Gasteiger partial charge in [-0.25, -0.2) is 0 Å². The highest BCUT2D eigenvalue weighted by molar-refractivity contribution is 6.13. The van der Waals surface area contributed by atoms with E-state index in [1.54, 1.807) is 27.7 Å². The Balaban J connectivity index is 2.88. The second kappa shape index (κ2) is 4.73. The molecule has 1 aliphatic carbocycles. The largest absolute Gasteiger partial charge is 0.390 e. The lowest BCUT2D eigenvalue weighted by Crippen LogP contribution is -2.36. The standard InChI is InChI=1S/C14H22O3/c1-8-9(2)13(16)11(10(3)12(8)15)6-7-14(4,5)17/h10-11,17H,6-7H2,1-5H3. The molecular weight excluding hydrogens is 216 g/mol. The van der Waals surface area contributed by atoms with Crippen molar-refractivity contribution in [3.63, 3.8) is 0 Å². The number of ketones is 2. The van der Waals surface area contributed by atoms with Crippen molar-refractivity contribution in [2.45, 2.75) is 53.1 Å². The van der Waals surface area contributed by atoms with E-state index >= 15 is 0 Å². The van der Waals surface area contributed by atoms with Crippen LogP contribution in [0.5, 0.6) is 0 Å². The van der Waals surface area contributed by atoms with E-state index in [-0.39, 0.29) is 23.4 Å². The molecule has 2 unspecified atom stereocenters. The van der Waals surface area contributed by atoms with Crippen molar-refractivity contribution in [3.8, 4) is 0 Å². The summed E-state index contributed by atoms with van der Waals surface area (Å²) in [6.45, 7) is 8.70. The Morgan fingerprint density at radius 3 is 2.06 bits per heavy atom. The lowest BCUT2D eigenvalue weighted by atomic mass is 9.73. The van der Waals surface area contributed by atoms with Gasteiger partial charge in [-0.15, -0.1) is 0 Å². The maximum absolute atomic E-state index is 12.1. The van der Waals surface area contributed by atoms with E-state index < -0.39 is 5.60 Å². The number of Topliss-reactive ketones (excluding diaryl/α,β-unsaturated/α-hetero) is 2. The van der Waals surface area contributed by atoms with E-state index in [0.29, 0.717) is 24.0 Å². The number of aliphatic hydroxyl groups is 1. The number of carbonyl (C=O) groups is 2.